The second-order valence-corrected chi connectivity index (χ2v) is 6.43. The van der Waals surface area contributed by atoms with E-state index < -0.39 is 0 Å². The number of nitrogens with one attached hydrogen (secondary N) is 1. The van der Waals surface area contributed by atoms with Gasteiger partial charge in [0, 0.05) is 24.3 Å². The Balaban J connectivity index is 1.48. The molecule has 21 heavy (non-hydrogen) atoms. The molecule has 2 unspecified atom stereocenters. The molecular weight excluding hydrogens is 256 g/mol. The van der Waals surface area contributed by atoms with Crippen LogP contribution in [0.4, 0.5) is 0 Å². The van der Waals surface area contributed by atoms with E-state index in [0.29, 0.717) is 0 Å². The highest BCUT2D eigenvalue weighted by Crippen LogP contribution is 2.26. The van der Waals surface area contributed by atoms with Crippen molar-refractivity contribution in [1.29, 1.82) is 0 Å². The van der Waals surface area contributed by atoms with E-state index in [1.807, 2.05) is 0 Å². The predicted molar refractivity (Wildman–Crippen MR) is 90.6 cm³/mol. The van der Waals surface area contributed by atoms with Crippen molar-refractivity contribution < 1.29 is 0 Å². The zero-order valence-electron chi connectivity index (χ0n) is 13.2. The van der Waals surface area contributed by atoms with E-state index in [1.165, 1.54) is 49.4 Å². The van der Waals surface area contributed by atoms with Crippen molar-refractivity contribution in [3.05, 3.63) is 36.5 Å². The molecule has 1 aliphatic rings. The smallest absolute Gasteiger partial charge is 0.0480 e. The molecule has 1 saturated carbocycles. The van der Waals surface area contributed by atoms with Crippen LogP contribution in [-0.2, 0) is 6.54 Å². The molecule has 1 N–H and O–H groups in total. The van der Waals surface area contributed by atoms with Crippen LogP contribution in [0.15, 0.2) is 36.5 Å². The zero-order valence-corrected chi connectivity index (χ0v) is 13.2. The minimum Gasteiger partial charge on any atom is -0.347 e. The Hall–Kier alpha value is -1.28. The van der Waals surface area contributed by atoms with Gasteiger partial charge in [-0.1, -0.05) is 44.4 Å². The molecule has 1 aromatic heterocycles. The molecule has 0 saturated heterocycles. The molecule has 2 heteroatoms. The van der Waals surface area contributed by atoms with Crippen LogP contribution in [0.5, 0.6) is 0 Å². The summed E-state index contributed by atoms with van der Waals surface area (Å²) in [4.78, 5) is 0. The van der Waals surface area contributed by atoms with Crippen molar-refractivity contribution in [2.75, 3.05) is 6.54 Å². The zero-order chi connectivity index (χ0) is 14.5. The van der Waals surface area contributed by atoms with Crippen LogP contribution in [0.3, 0.4) is 0 Å². The third kappa shape index (κ3) is 3.49. The molecule has 114 valence electrons. The van der Waals surface area contributed by atoms with Crippen LogP contribution < -0.4 is 5.32 Å². The van der Waals surface area contributed by atoms with Crippen LogP contribution in [0.1, 0.15) is 45.4 Å². The lowest BCUT2D eigenvalue weighted by Crippen LogP contribution is -2.39. The lowest BCUT2D eigenvalue weighted by molar-refractivity contribution is 0.254. The predicted octanol–water partition coefficient (Wildman–Crippen LogP) is 4.59. The molecule has 0 spiro atoms. The topological polar surface area (TPSA) is 17.0 Å². The lowest BCUT2D eigenvalue weighted by Gasteiger charge is -2.31. The van der Waals surface area contributed by atoms with Gasteiger partial charge in [-0.05, 0) is 49.2 Å². The van der Waals surface area contributed by atoms with Gasteiger partial charge in [-0.3, -0.25) is 0 Å². The summed E-state index contributed by atoms with van der Waals surface area (Å²) in [7, 11) is 0. The molecule has 1 heterocycles. The van der Waals surface area contributed by atoms with E-state index >= 15 is 0 Å². The fourth-order valence-corrected chi connectivity index (χ4v) is 3.84. The van der Waals surface area contributed by atoms with Gasteiger partial charge >= 0.3 is 0 Å². The van der Waals surface area contributed by atoms with Gasteiger partial charge in [0.1, 0.15) is 0 Å². The first-order valence-electron chi connectivity index (χ1n) is 8.65. The average Bonchev–Trinajstić information content (AvgIpc) is 2.95. The van der Waals surface area contributed by atoms with Crippen molar-refractivity contribution >= 4 is 10.9 Å². The first-order chi connectivity index (χ1) is 10.4. The summed E-state index contributed by atoms with van der Waals surface area (Å²) < 4.78 is 2.38. The molecule has 2 nitrogen and oxygen atoms in total. The molecule has 0 amide bonds. The van der Waals surface area contributed by atoms with Crippen LogP contribution >= 0.6 is 0 Å². The molecule has 1 aliphatic carbocycles. The quantitative estimate of drug-likeness (QED) is 0.768. The van der Waals surface area contributed by atoms with Gasteiger partial charge < -0.3 is 9.88 Å². The van der Waals surface area contributed by atoms with Crippen LogP contribution in [0.2, 0.25) is 0 Å². The second kappa shape index (κ2) is 7.13. The largest absolute Gasteiger partial charge is 0.347 e. The number of aryl methyl sites for hydroxylation is 1. The van der Waals surface area contributed by atoms with E-state index in [2.05, 4.69) is 53.3 Å². The molecule has 2 atom stereocenters. The van der Waals surface area contributed by atoms with Gasteiger partial charge in [0.05, 0.1) is 0 Å². The summed E-state index contributed by atoms with van der Waals surface area (Å²) in [6, 6.07) is 11.6. The highest BCUT2D eigenvalue weighted by Gasteiger charge is 2.22. The summed E-state index contributed by atoms with van der Waals surface area (Å²) in [5.41, 5.74) is 1.36. The molecule has 2 aromatic rings. The van der Waals surface area contributed by atoms with Crippen LogP contribution in [0, 0.1) is 5.92 Å². The van der Waals surface area contributed by atoms with E-state index in [1.54, 1.807) is 0 Å². The van der Waals surface area contributed by atoms with Crippen molar-refractivity contribution in [1.82, 2.24) is 9.88 Å². The van der Waals surface area contributed by atoms with Gasteiger partial charge in [0.15, 0.2) is 0 Å². The van der Waals surface area contributed by atoms with Gasteiger partial charge in [-0.2, -0.15) is 0 Å². The van der Waals surface area contributed by atoms with Gasteiger partial charge in [-0.25, -0.2) is 0 Å². The number of para-hydroxylation sites is 1. The summed E-state index contributed by atoms with van der Waals surface area (Å²) in [5, 5.41) is 5.17. The second-order valence-electron chi connectivity index (χ2n) is 6.43. The standard InChI is InChI=1S/C19H28N2/c1-2-16-8-3-5-10-18(16)20-13-7-14-21-15-12-17-9-4-6-11-19(17)21/h4,6,9,11-12,15-16,18,20H,2-3,5,7-8,10,13-14H2,1H3. The minimum atomic E-state index is 0.769. The van der Waals surface area contributed by atoms with Crippen LogP contribution in [0.25, 0.3) is 10.9 Å². The fourth-order valence-electron chi connectivity index (χ4n) is 3.84. The Labute approximate surface area is 128 Å². The highest BCUT2D eigenvalue weighted by atomic mass is 15.0. The van der Waals surface area contributed by atoms with Crippen LogP contribution in [-0.4, -0.2) is 17.2 Å². The van der Waals surface area contributed by atoms with Crippen molar-refractivity contribution in [3.8, 4) is 0 Å². The number of benzene rings is 1. The Kier molecular flexibility index (Phi) is 4.97. The molecule has 0 bridgehead atoms. The SMILES string of the molecule is CCC1CCCCC1NCCCn1ccc2ccccc21. The van der Waals surface area contributed by atoms with Gasteiger partial charge in [-0.15, -0.1) is 0 Å². The number of rotatable bonds is 6. The van der Waals surface area contributed by atoms with E-state index in [4.69, 9.17) is 0 Å². The van der Waals surface area contributed by atoms with Gasteiger partial charge in [0.2, 0.25) is 0 Å². The third-order valence-corrected chi connectivity index (χ3v) is 5.10. The number of hydrogen-bond acceptors (Lipinski definition) is 1. The Bertz CT molecular complexity index is 557. The van der Waals surface area contributed by atoms with E-state index in [0.717, 1.165) is 25.0 Å². The third-order valence-electron chi connectivity index (χ3n) is 5.10. The molecular formula is C19H28N2. The number of fused-ring (bicyclic) bond motifs is 1. The average molecular weight is 284 g/mol. The lowest BCUT2D eigenvalue weighted by atomic mass is 9.83. The van der Waals surface area contributed by atoms with E-state index in [9.17, 15) is 0 Å². The minimum absolute atomic E-state index is 0.769. The fraction of sp³-hybridized carbons (Fsp3) is 0.579. The maximum absolute atomic E-state index is 3.82. The maximum atomic E-state index is 3.82. The first-order valence-corrected chi connectivity index (χ1v) is 8.65. The Morgan fingerprint density at radius 1 is 1.14 bits per heavy atom. The molecule has 1 aromatic carbocycles. The maximum Gasteiger partial charge on any atom is 0.0480 e. The van der Waals surface area contributed by atoms with E-state index in [-0.39, 0.29) is 0 Å². The monoisotopic (exact) mass is 284 g/mol. The number of aromatic nitrogens is 1. The molecule has 0 radical (unpaired) electrons. The summed E-state index contributed by atoms with van der Waals surface area (Å²) in [6.07, 6.45) is 10.4. The van der Waals surface area contributed by atoms with Crippen molar-refractivity contribution in [2.24, 2.45) is 5.92 Å². The van der Waals surface area contributed by atoms with Crippen molar-refractivity contribution in [3.63, 3.8) is 0 Å². The molecule has 1 fully saturated rings. The normalized spacial score (nSPS) is 22.7. The molecule has 0 aliphatic heterocycles. The Morgan fingerprint density at radius 2 is 2.00 bits per heavy atom. The summed E-state index contributed by atoms with van der Waals surface area (Å²) >= 11 is 0. The number of nitrogens with zero attached hydrogens (tertiary/aromatic N) is 1. The summed E-state index contributed by atoms with van der Waals surface area (Å²) in [6.45, 7) is 4.61. The molecule has 3 rings (SSSR count). The first kappa shape index (κ1) is 14.6. The van der Waals surface area contributed by atoms with Crippen molar-refractivity contribution in [2.45, 2.75) is 58.0 Å². The highest BCUT2D eigenvalue weighted by molar-refractivity contribution is 5.79. The van der Waals surface area contributed by atoms with Gasteiger partial charge in [0.25, 0.3) is 0 Å². The Morgan fingerprint density at radius 3 is 2.90 bits per heavy atom. The number of hydrogen-bond donors (Lipinski definition) is 1. The summed E-state index contributed by atoms with van der Waals surface area (Å²) in [5.74, 6) is 0.908.